The molecule has 37 heavy (non-hydrogen) atoms. The van der Waals surface area contributed by atoms with E-state index in [1.54, 1.807) is 0 Å². The monoisotopic (exact) mass is 501 g/mol. The van der Waals surface area contributed by atoms with Gasteiger partial charge in [-0.05, 0) is 74.5 Å². The molecule has 0 unspecified atom stereocenters. The Hall–Kier alpha value is -3.10. The largest absolute Gasteiger partial charge is 0.487 e. The molecular weight excluding hydrogens is 466 g/mol. The quantitative estimate of drug-likeness (QED) is 0.641. The number of rotatable bonds is 4. The molecule has 2 aromatic rings. The number of carbonyl (C=O) groups is 1. The van der Waals surface area contributed by atoms with E-state index < -0.39 is 0 Å². The summed E-state index contributed by atoms with van der Waals surface area (Å²) in [6.45, 7) is 9.78. The van der Waals surface area contributed by atoms with Crippen molar-refractivity contribution in [2.45, 2.75) is 56.5 Å². The molecule has 8 heteroatoms. The second-order valence-corrected chi connectivity index (χ2v) is 11.1. The van der Waals surface area contributed by atoms with Crippen LogP contribution in [0.25, 0.3) is 0 Å². The molecular formula is C29H35N5O3. The number of benzene rings is 1. The van der Waals surface area contributed by atoms with E-state index >= 15 is 0 Å². The molecule has 0 aliphatic carbocycles. The van der Waals surface area contributed by atoms with Crippen molar-refractivity contribution >= 4 is 23.1 Å². The van der Waals surface area contributed by atoms with Crippen LogP contribution in [0.2, 0.25) is 0 Å². The molecule has 5 aliphatic heterocycles. The third-order valence-corrected chi connectivity index (χ3v) is 8.91. The van der Waals surface area contributed by atoms with Crippen LogP contribution in [-0.2, 0) is 16.1 Å². The van der Waals surface area contributed by atoms with Crippen LogP contribution in [0.15, 0.2) is 43.1 Å². The summed E-state index contributed by atoms with van der Waals surface area (Å²) in [4.78, 5) is 23.4. The SMILES string of the molecule is C=CC(=O)N1CC(N2CCC(c3ccc4c(c3)Nc3nccc(N5C[C@H]6CC[C@@H](C5)O6)c3CO4)CC2)C1. The number of nitrogens with zero attached hydrogens (tertiary/aromatic N) is 4. The van der Waals surface area contributed by atoms with Crippen LogP contribution in [0, 0.1) is 0 Å². The number of pyridine rings is 1. The average Bonchev–Trinajstić information content (AvgIpc) is 3.12. The Balaban J connectivity index is 1.04. The van der Waals surface area contributed by atoms with Crippen LogP contribution in [-0.4, -0.2) is 78.2 Å². The molecule has 1 amide bonds. The van der Waals surface area contributed by atoms with Crippen LogP contribution in [0.1, 0.15) is 42.7 Å². The fourth-order valence-electron chi connectivity index (χ4n) is 6.74. The van der Waals surface area contributed by atoms with Gasteiger partial charge in [0, 0.05) is 44.1 Å². The van der Waals surface area contributed by atoms with Crippen molar-refractivity contribution in [3.05, 3.63) is 54.2 Å². The number of nitrogens with one attached hydrogen (secondary N) is 1. The van der Waals surface area contributed by atoms with Crippen molar-refractivity contribution in [1.29, 1.82) is 0 Å². The maximum absolute atomic E-state index is 11.8. The molecule has 8 nitrogen and oxygen atoms in total. The minimum absolute atomic E-state index is 0.0473. The summed E-state index contributed by atoms with van der Waals surface area (Å²) in [6.07, 6.45) is 8.58. The Morgan fingerprint density at radius 3 is 2.59 bits per heavy atom. The van der Waals surface area contributed by atoms with Crippen LogP contribution >= 0.6 is 0 Å². The van der Waals surface area contributed by atoms with Crippen LogP contribution < -0.4 is 15.0 Å². The molecule has 1 aromatic heterocycles. The zero-order valence-electron chi connectivity index (χ0n) is 21.3. The molecule has 5 aliphatic rings. The van der Waals surface area contributed by atoms with Crippen molar-refractivity contribution in [2.75, 3.05) is 49.5 Å². The number of fused-ring (bicyclic) bond motifs is 4. The van der Waals surface area contributed by atoms with Crippen molar-refractivity contribution < 1.29 is 14.3 Å². The van der Waals surface area contributed by atoms with E-state index in [9.17, 15) is 4.79 Å². The van der Waals surface area contributed by atoms with Crippen LogP contribution in [0.5, 0.6) is 5.75 Å². The summed E-state index contributed by atoms with van der Waals surface area (Å²) in [5.41, 5.74) is 4.70. The Bertz CT molecular complexity index is 1190. The summed E-state index contributed by atoms with van der Waals surface area (Å²) < 4.78 is 12.4. The standard InChI is InChI=1S/C29H35N5O3/c1-2-28(35)34-14-21(15-34)32-11-8-19(9-12-32)20-3-6-27-25(13-20)31-29-24(18-36-27)26(7-10-30-29)33-16-22-4-5-23(17-33)37-22/h2-3,6-7,10,13,19,21-23H,1,4-5,8-9,11-12,14-18H2,(H,30,31)/t22-,23+. The van der Waals surface area contributed by atoms with Gasteiger partial charge in [0.15, 0.2) is 0 Å². The van der Waals surface area contributed by atoms with Crippen molar-refractivity contribution in [2.24, 2.45) is 0 Å². The highest BCUT2D eigenvalue weighted by Crippen LogP contribution is 2.41. The highest BCUT2D eigenvalue weighted by molar-refractivity contribution is 5.87. The average molecular weight is 502 g/mol. The van der Waals surface area contributed by atoms with Gasteiger partial charge >= 0.3 is 0 Å². The lowest BCUT2D eigenvalue weighted by atomic mass is 9.88. The summed E-state index contributed by atoms with van der Waals surface area (Å²) in [6, 6.07) is 9.24. The molecule has 0 spiro atoms. The fourth-order valence-corrected chi connectivity index (χ4v) is 6.74. The second kappa shape index (κ2) is 9.33. The minimum atomic E-state index is 0.0473. The van der Waals surface area contributed by atoms with E-state index in [-0.39, 0.29) is 5.91 Å². The molecule has 7 rings (SSSR count). The number of carbonyl (C=O) groups excluding carboxylic acids is 1. The zero-order chi connectivity index (χ0) is 24.9. The number of ether oxygens (including phenoxy) is 2. The highest BCUT2D eigenvalue weighted by atomic mass is 16.5. The smallest absolute Gasteiger partial charge is 0.246 e. The molecule has 1 aromatic carbocycles. The summed E-state index contributed by atoms with van der Waals surface area (Å²) in [7, 11) is 0. The highest BCUT2D eigenvalue weighted by Gasteiger charge is 2.37. The molecule has 4 saturated heterocycles. The number of hydrogen-bond donors (Lipinski definition) is 1. The van der Waals surface area contributed by atoms with E-state index in [2.05, 4.69) is 46.0 Å². The molecule has 6 heterocycles. The Labute approximate surface area is 218 Å². The minimum Gasteiger partial charge on any atom is -0.487 e. The first-order chi connectivity index (χ1) is 18.1. The maximum atomic E-state index is 11.8. The van der Waals surface area contributed by atoms with Crippen LogP contribution in [0.4, 0.5) is 17.2 Å². The molecule has 2 bridgehead atoms. The molecule has 0 radical (unpaired) electrons. The van der Waals surface area contributed by atoms with Crippen molar-refractivity contribution in [3.8, 4) is 5.75 Å². The molecule has 4 fully saturated rings. The van der Waals surface area contributed by atoms with Crippen molar-refractivity contribution in [3.63, 3.8) is 0 Å². The van der Waals surface area contributed by atoms with Crippen molar-refractivity contribution in [1.82, 2.24) is 14.8 Å². The summed E-state index contributed by atoms with van der Waals surface area (Å²) in [5, 5.41) is 3.62. The van der Waals surface area contributed by atoms with Gasteiger partial charge in [0.2, 0.25) is 5.91 Å². The Morgan fingerprint density at radius 2 is 1.84 bits per heavy atom. The maximum Gasteiger partial charge on any atom is 0.246 e. The number of likely N-dealkylation sites (tertiary alicyclic amines) is 2. The van der Waals surface area contributed by atoms with Gasteiger partial charge < -0.3 is 24.6 Å². The van der Waals surface area contributed by atoms with Gasteiger partial charge in [-0.15, -0.1) is 0 Å². The van der Waals surface area contributed by atoms with E-state index in [4.69, 9.17) is 14.5 Å². The topological polar surface area (TPSA) is 70.2 Å². The first kappa shape index (κ1) is 23.0. The second-order valence-electron chi connectivity index (χ2n) is 11.1. The molecule has 194 valence electrons. The molecule has 2 atom stereocenters. The first-order valence-corrected chi connectivity index (χ1v) is 13.7. The number of anilines is 3. The molecule has 0 saturated carbocycles. The van der Waals surface area contributed by atoms with Gasteiger partial charge in [0.1, 0.15) is 18.2 Å². The zero-order valence-corrected chi connectivity index (χ0v) is 21.3. The number of morpholine rings is 1. The van der Waals surface area contributed by atoms with E-state index in [0.29, 0.717) is 30.8 Å². The lowest BCUT2D eigenvalue weighted by molar-refractivity contribution is -0.133. The summed E-state index contributed by atoms with van der Waals surface area (Å²) in [5.74, 6) is 2.35. The van der Waals surface area contributed by atoms with Gasteiger partial charge in [0.05, 0.1) is 23.5 Å². The van der Waals surface area contributed by atoms with Gasteiger partial charge in [0.25, 0.3) is 0 Å². The summed E-state index contributed by atoms with van der Waals surface area (Å²) >= 11 is 0. The predicted molar refractivity (Wildman–Crippen MR) is 143 cm³/mol. The van der Waals surface area contributed by atoms with E-state index in [1.165, 1.54) is 17.3 Å². The van der Waals surface area contributed by atoms with Crippen LogP contribution in [0.3, 0.4) is 0 Å². The van der Waals surface area contributed by atoms with E-state index in [1.807, 2.05) is 11.1 Å². The normalized spacial score (nSPS) is 25.8. The fraction of sp³-hybridized carbons (Fsp3) is 0.517. The Morgan fingerprint density at radius 1 is 1.05 bits per heavy atom. The van der Waals surface area contributed by atoms with Gasteiger partial charge in [-0.1, -0.05) is 12.6 Å². The van der Waals surface area contributed by atoms with E-state index in [0.717, 1.165) is 87.8 Å². The molecule has 1 N–H and O–H groups in total. The Kier molecular flexibility index (Phi) is 5.81. The van der Waals surface area contributed by atoms with Gasteiger partial charge in [-0.25, -0.2) is 4.98 Å². The lowest BCUT2D eigenvalue weighted by Gasteiger charge is -2.47. The number of hydrogen-bond acceptors (Lipinski definition) is 7. The first-order valence-electron chi connectivity index (χ1n) is 13.7. The third-order valence-electron chi connectivity index (χ3n) is 8.91. The van der Waals surface area contributed by atoms with Gasteiger partial charge in [-0.3, -0.25) is 9.69 Å². The number of amides is 1. The lowest BCUT2D eigenvalue weighted by Crippen LogP contribution is -2.61. The number of aromatic nitrogens is 1. The predicted octanol–water partition coefficient (Wildman–Crippen LogP) is 3.66. The number of piperidine rings is 1. The van der Waals surface area contributed by atoms with Gasteiger partial charge in [-0.2, -0.15) is 0 Å². The third kappa shape index (κ3) is 4.26.